The van der Waals surface area contributed by atoms with Gasteiger partial charge in [-0.2, -0.15) is 0 Å². The smallest absolute Gasteiger partial charge is 0.227 e. The van der Waals surface area contributed by atoms with E-state index in [4.69, 9.17) is 11.6 Å². The molecule has 4 heteroatoms. The molecule has 0 bridgehead atoms. The van der Waals surface area contributed by atoms with E-state index in [1.165, 1.54) is 0 Å². The molecule has 1 fully saturated rings. The highest BCUT2D eigenvalue weighted by Gasteiger charge is 2.20. The van der Waals surface area contributed by atoms with Crippen molar-refractivity contribution in [2.24, 2.45) is 0 Å². The van der Waals surface area contributed by atoms with E-state index in [1.54, 1.807) is 0 Å². The van der Waals surface area contributed by atoms with Crippen LogP contribution in [0.1, 0.15) is 5.56 Å². The number of alkyl halides is 1. The number of carbonyl (C=O) groups is 1. The first kappa shape index (κ1) is 13.4. The third-order valence-electron chi connectivity index (χ3n) is 3.32. The van der Waals surface area contributed by atoms with E-state index in [9.17, 15) is 4.79 Å². The summed E-state index contributed by atoms with van der Waals surface area (Å²) in [6, 6.07) is 9.92. The molecule has 2 rings (SSSR count). The average Bonchev–Trinajstić information content (AvgIpc) is 2.41. The van der Waals surface area contributed by atoms with Crippen molar-refractivity contribution < 1.29 is 4.79 Å². The molecular weight excluding hydrogens is 248 g/mol. The van der Waals surface area contributed by atoms with Crippen molar-refractivity contribution in [1.29, 1.82) is 0 Å². The molecule has 0 N–H and O–H groups in total. The van der Waals surface area contributed by atoms with Gasteiger partial charge in [0.1, 0.15) is 0 Å². The summed E-state index contributed by atoms with van der Waals surface area (Å²) in [4.78, 5) is 16.4. The largest absolute Gasteiger partial charge is 0.340 e. The van der Waals surface area contributed by atoms with Gasteiger partial charge < -0.3 is 4.90 Å². The number of hydrogen-bond donors (Lipinski definition) is 0. The van der Waals surface area contributed by atoms with Crippen LogP contribution >= 0.6 is 11.6 Å². The standard InChI is InChI=1S/C14H19ClN2O/c15-6-7-16-8-10-17(11-9-16)14(18)12-13-4-2-1-3-5-13/h1-5H,6-12H2. The summed E-state index contributed by atoms with van der Waals surface area (Å²) in [6.45, 7) is 4.44. The zero-order valence-electron chi connectivity index (χ0n) is 10.5. The minimum atomic E-state index is 0.228. The third kappa shape index (κ3) is 3.72. The second-order valence-corrected chi connectivity index (χ2v) is 4.95. The highest BCUT2D eigenvalue weighted by atomic mass is 35.5. The van der Waals surface area contributed by atoms with Crippen molar-refractivity contribution >= 4 is 17.5 Å². The van der Waals surface area contributed by atoms with Crippen LogP contribution in [-0.2, 0) is 11.2 Å². The number of piperazine rings is 1. The van der Waals surface area contributed by atoms with Gasteiger partial charge in [0.2, 0.25) is 5.91 Å². The van der Waals surface area contributed by atoms with E-state index >= 15 is 0 Å². The quantitative estimate of drug-likeness (QED) is 0.773. The minimum absolute atomic E-state index is 0.228. The van der Waals surface area contributed by atoms with Crippen LogP contribution < -0.4 is 0 Å². The molecule has 0 saturated carbocycles. The molecule has 0 atom stereocenters. The molecule has 98 valence electrons. The Morgan fingerprint density at radius 2 is 1.78 bits per heavy atom. The first-order chi connectivity index (χ1) is 8.79. The maximum atomic E-state index is 12.1. The molecule has 0 aromatic heterocycles. The van der Waals surface area contributed by atoms with Gasteiger partial charge in [-0.1, -0.05) is 30.3 Å². The normalized spacial score (nSPS) is 16.8. The van der Waals surface area contributed by atoms with Crippen LogP contribution in [0, 0.1) is 0 Å². The zero-order chi connectivity index (χ0) is 12.8. The number of carbonyl (C=O) groups excluding carboxylic acids is 1. The molecule has 18 heavy (non-hydrogen) atoms. The van der Waals surface area contributed by atoms with Crippen LogP contribution in [0.15, 0.2) is 30.3 Å². The van der Waals surface area contributed by atoms with Gasteiger partial charge in [-0.05, 0) is 5.56 Å². The molecule has 1 aromatic carbocycles. The van der Waals surface area contributed by atoms with Gasteiger partial charge in [0.05, 0.1) is 6.42 Å². The van der Waals surface area contributed by atoms with Gasteiger partial charge in [-0.15, -0.1) is 11.6 Å². The molecule has 0 spiro atoms. The first-order valence-corrected chi connectivity index (χ1v) is 6.93. The Morgan fingerprint density at radius 3 is 2.39 bits per heavy atom. The maximum absolute atomic E-state index is 12.1. The molecule has 3 nitrogen and oxygen atoms in total. The highest BCUT2D eigenvalue weighted by molar-refractivity contribution is 6.18. The third-order valence-corrected chi connectivity index (χ3v) is 3.49. The minimum Gasteiger partial charge on any atom is -0.340 e. The van der Waals surface area contributed by atoms with Crippen molar-refractivity contribution in [1.82, 2.24) is 9.80 Å². The predicted molar refractivity (Wildman–Crippen MR) is 73.9 cm³/mol. The SMILES string of the molecule is O=C(Cc1ccccc1)N1CCN(CCCl)CC1. The van der Waals surface area contributed by atoms with Crippen LogP contribution in [0.3, 0.4) is 0 Å². The summed E-state index contributed by atoms with van der Waals surface area (Å²) < 4.78 is 0. The Balaban J connectivity index is 1.81. The number of hydrogen-bond acceptors (Lipinski definition) is 2. The van der Waals surface area contributed by atoms with Crippen molar-refractivity contribution in [2.75, 3.05) is 38.6 Å². The molecule has 0 unspecified atom stereocenters. The zero-order valence-corrected chi connectivity index (χ0v) is 11.3. The van der Waals surface area contributed by atoms with Gasteiger partial charge in [-0.25, -0.2) is 0 Å². The number of rotatable bonds is 4. The van der Waals surface area contributed by atoms with Crippen LogP contribution in [0.5, 0.6) is 0 Å². The monoisotopic (exact) mass is 266 g/mol. The summed E-state index contributed by atoms with van der Waals surface area (Å²) in [7, 11) is 0. The fourth-order valence-corrected chi connectivity index (χ4v) is 2.46. The van der Waals surface area contributed by atoms with E-state index in [0.717, 1.165) is 38.3 Å². The predicted octanol–water partition coefficient (Wildman–Crippen LogP) is 1.61. The summed E-state index contributed by atoms with van der Waals surface area (Å²) in [5.74, 6) is 0.893. The summed E-state index contributed by atoms with van der Waals surface area (Å²) in [5.41, 5.74) is 1.09. The van der Waals surface area contributed by atoms with Crippen molar-refractivity contribution in [3.63, 3.8) is 0 Å². The summed E-state index contributed by atoms with van der Waals surface area (Å²) >= 11 is 5.72. The van der Waals surface area contributed by atoms with E-state index in [0.29, 0.717) is 12.3 Å². The molecular formula is C14H19ClN2O. The molecule has 1 saturated heterocycles. The topological polar surface area (TPSA) is 23.6 Å². The highest BCUT2D eigenvalue weighted by Crippen LogP contribution is 2.06. The Morgan fingerprint density at radius 1 is 1.11 bits per heavy atom. The van der Waals surface area contributed by atoms with Crippen LogP contribution in [0.4, 0.5) is 0 Å². The van der Waals surface area contributed by atoms with Crippen LogP contribution in [0.2, 0.25) is 0 Å². The van der Waals surface area contributed by atoms with Crippen LogP contribution in [-0.4, -0.2) is 54.3 Å². The van der Waals surface area contributed by atoms with Crippen molar-refractivity contribution in [2.45, 2.75) is 6.42 Å². The fraction of sp³-hybridized carbons (Fsp3) is 0.500. The number of amides is 1. The van der Waals surface area contributed by atoms with Crippen molar-refractivity contribution in [3.8, 4) is 0 Å². The van der Waals surface area contributed by atoms with Gasteiger partial charge in [0.15, 0.2) is 0 Å². The molecule has 0 radical (unpaired) electrons. The number of nitrogens with zero attached hydrogens (tertiary/aromatic N) is 2. The van der Waals surface area contributed by atoms with Gasteiger partial charge in [0, 0.05) is 38.6 Å². The van der Waals surface area contributed by atoms with Gasteiger partial charge >= 0.3 is 0 Å². The van der Waals surface area contributed by atoms with E-state index in [2.05, 4.69) is 4.90 Å². The molecule has 1 heterocycles. The van der Waals surface area contributed by atoms with Crippen molar-refractivity contribution in [3.05, 3.63) is 35.9 Å². The molecule has 1 aliphatic heterocycles. The van der Waals surface area contributed by atoms with E-state index in [1.807, 2.05) is 35.2 Å². The second-order valence-electron chi connectivity index (χ2n) is 4.57. The summed E-state index contributed by atoms with van der Waals surface area (Å²) in [6.07, 6.45) is 0.510. The Hall–Kier alpha value is -1.06. The van der Waals surface area contributed by atoms with Crippen LogP contribution in [0.25, 0.3) is 0 Å². The lowest BCUT2D eigenvalue weighted by atomic mass is 10.1. The Bertz CT molecular complexity index is 375. The lowest BCUT2D eigenvalue weighted by molar-refractivity contribution is -0.132. The molecule has 0 aliphatic carbocycles. The number of benzene rings is 1. The molecule has 1 amide bonds. The molecule has 1 aromatic rings. The van der Waals surface area contributed by atoms with Gasteiger partial charge in [-0.3, -0.25) is 9.69 Å². The summed E-state index contributed by atoms with van der Waals surface area (Å²) in [5, 5.41) is 0. The fourth-order valence-electron chi connectivity index (χ4n) is 2.22. The van der Waals surface area contributed by atoms with Gasteiger partial charge in [0.25, 0.3) is 0 Å². The Labute approximate surface area is 113 Å². The second kappa shape index (κ2) is 6.76. The Kier molecular flexibility index (Phi) is 5.02. The lowest BCUT2D eigenvalue weighted by Crippen LogP contribution is -2.49. The maximum Gasteiger partial charge on any atom is 0.227 e. The first-order valence-electron chi connectivity index (χ1n) is 6.39. The molecule has 1 aliphatic rings. The van der Waals surface area contributed by atoms with E-state index in [-0.39, 0.29) is 5.91 Å². The average molecular weight is 267 g/mol. The number of halogens is 1. The van der Waals surface area contributed by atoms with E-state index < -0.39 is 0 Å². The lowest BCUT2D eigenvalue weighted by Gasteiger charge is -2.34.